The molecule has 1 aliphatic rings. The summed E-state index contributed by atoms with van der Waals surface area (Å²) in [6.45, 7) is 2.25. The Labute approximate surface area is 150 Å². The number of nitrogens with zero attached hydrogens (tertiary/aromatic N) is 1. The summed E-state index contributed by atoms with van der Waals surface area (Å²) >= 11 is 11.9. The zero-order valence-electron chi connectivity index (χ0n) is 13.1. The van der Waals surface area contributed by atoms with Crippen molar-refractivity contribution in [1.29, 1.82) is 0 Å². The molecule has 1 heterocycles. The van der Waals surface area contributed by atoms with Crippen LogP contribution in [0.5, 0.6) is 0 Å². The average Bonchev–Trinajstić information content (AvgIpc) is 2.94. The molecule has 0 radical (unpaired) electrons. The van der Waals surface area contributed by atoms with Crippen LogP contribution in [0.3, 0.4) is 0 Å². The molecule has 2 aromatic rings. The number of aryl methyl sites for hydroxylation is 1. The van der Waals surface area contributed by atoms with Crippen LogP contribution >= 0.6 is 23.2 Å². The van der Waals surface area contributed by atoms with Crippen molar-refractivity contribution in [2.45, 2.75) is 13.3 Å². The lowest BCUT2D eigenvalue weighted by Crippen LogP contribution is -2.28. The molecule has 0 spiro atoms. The fraction of sp³-hybridized carbons (Fsp3) is 0.222. The molecule has 124 valence electrons. The van der Waals surface area contributed by atoms with Crippen molar-refractivity contribution >= 4 is 46.4 Å². The molecule has 2 amide bonds. The van der Waals surface area contributed by atoms with Gasteiger partial charge >= 0.3 is 0 Å². The highest BCUT2D eigenvalue weighted by Gasteiger charge is 2.35. The Morgan fingerprint density at radius 3 is 2.54 bits per heavy atom. The Hall–Kier alpha value is -2.04. The summed E-state index contributed by atoms with van der Waals surface area (Å²) in [6, 6.07) is 12.4. The Morgan fingerprint density at radius 1 is 1.17 bits per heavy atom. The molecule has 3 rings (SSSR count). The number of benzene rings is 2. The first kappa shape index (κ1) is 16.8. The van der Waals surface area contributed by atoms with E-state index in [0.29, 0.717) is 22.3 Å². The first-order valence-electron chi connectivity index (χ1n) is 7.57. The molecule has 1 saturated heterocycles. The van der Waals surface area contributed by atoms with Crippen molar-refractivity contribution < 1.29 is 9.59 Å². The summed E-state index contributed by atoms with van der Waals surface area (Å²) in [4.78, 5) is 26.3. The number of nitrogens with one attached hydrogen (secondary N) is 1. The molecule has 1 N–H and O–H groups in total. The van der Waals surface area contributed by atoms with Gasteiger partial charge in [0.05, 0.1) is 5.92 Å². The van der Waals surface area contributed by atoms with Gasteiger partial charge in [0, 0.05) is 34.4 Å². The average molecular weight is 363 g/mol. The largest absolute Gasteiger partial charge is 0.326 e. The van der Waals surface area contributed by atoms with Gasteiger partial charge in [-0.05, 0) is 48.9 Å². The molecule has 6 heteroatoms. The maximum absolute atomic E-state index is 12.4. The van der Waals surface area contributed by atoms with Gasteiger partial charge in [-0.15, -0.1) is 0 Å². The second kappa shape index (κ2) is 6.83. The molecule has 1 fully saturated rings. The van der Waals surface area contributed by atoms with Gasteiger partial charge in [-0.3, -0.25) is 9.59 Å². The fourth-order valence-corrected chi connectivity index (χ4v) is 2.98. The quantitative estimate of drug-likeness (QED) is 0.884. The van der Waals surface area contributed by atoms with Crippen molar-refractivity contribution in [2.24, 2.45) is 5.92 Å². The second-order valence-corrected chi connectivity index (χ2v) is 6.68. The molecule has 1 aliphatic heterocycles. The highest BCUT2D eigenvalue weighted by molar-refractivity contribution is 6.31. The number of halogens is 2. The minimum Gasteiger partial charge on any atom is -0.326 e. The van der Waals surface area contributed by atoms with Gasteiger partial charge in [0.2, 0.25) is 11.8 Å². The molecular weight excluding hydrogens is 347 g/mol. The van der Waals surface area contributed by atoms with Crippen LogP contribution in [-0.2, 0) is 9.59 Å². The topological polar surface area (TPSA) is 49.4 Å². The number of hydrogen-bond donors (Lipinski definition) is 1. The Balaban J connectivity index is 1.69. The van der Waals surface area contributed by atoms with E-state index in [9.17, 15) is 9.59 Å². The zero-order valence-corrected chi connectivity index (χ0v) is 14.6. The minimum absolute atomic E-state index is 0.0700. The standard InChI is InChI=1S/C18H16Cl2N2O2/c1-11-2-5-14(9-16(11)20)21-18(24)12-8-17(23)22(10-12)15-6-3-13(19)4-7-15/h2-7,9,12H,8,10H2,1H3,(H,21,24)/t12-/m1/s1. The van der Waals surface area contributed by atoms with Gasteiger partial charge in [-0.1, -0.05) is 29.3 Å². The number of hydrogen-bond acceptors (Lipinski definition) is 2. The van der Waals surface area contributed by atoms with Crippen molar-refractivity contribution in [2.75, 3.05) is 16.8 Å². The van der Waals surface area contributed by atoms with Crippen LogP contribution in [0.4, 0.5) is 11.4 Å². The Morgan fingerprint density at radius 2 is 1.88 bits per heavy atom. The maximum Gasteiger partial charge on any atom is 0.229 e. The smallest absolute Gasteiger partial charge is 0.229 e. The van der Waals surface area contributed by atoms with Crippen LogP contribution in [0.25, 0.3) is 0 Å². The van der Waals surface area contributed by atoms with E-state index in [-0.39, 0.29) is 18.2 Å². The fourth-order valence-electron chi connectivity index (χ4n) is 2.67. The van der Waals surface area contributed by atoms with Gasteiger partial charge < -0.3 is 10.2 Å². The summed E-state index contributed by atoms with van der Waals surface area (Å²) in [5.74, 6) is -0.646. The first-order chi connectivity index (χ1) is 11.4. The summed E-state index contributed by atoms with van der Waals surface area (Å²) < 4.78 is 0. The van der Waals surface area contributed by atoms with Crippen molar-refractivity contribution in [3.05, 3.63) is 58.1 Å². The molecule has 1 atom stereocenters. The Bertz CT molecular complexity index is 790. The number of carbonyl (C=O) groups is 2. The van der Waals surface area contributed by atoms with E-state index in [1.807, 2.05) is 13.0 Å². The third-order valence-electron chi connectivity index (χ3n) is 4.07. The molecular formula is C18H16Cl2N2O2. The summed E-state index contributed by atoms with van der Waals surface area (Å²) in [7, 11) is 0. The predicted molar refractivity (Wildman–Crippen MR) is 96.7 cm³/mol. The van der Waals surface area contributed by atoms with E-state index in [1.165, 1.54) is 0 Å². The number of anilines is 2. The van der Waals surface area contributed by atoms with Crippen LogP contribution in [0, 0.1) is 12.8 Å². The normalized spacial score (nSPS) is 17.2. The van der Waals surface area contributed by atoms with Crippen LogP contribution in [0.15, 0.2) is 42.5 Å². The van der Waals surface area contributed by atoms with E-state index in [2.05, 4.69) is 5.32 Å². The second-order valence-electron chi connectivity index (χ2n) is 5.84. The highest BCUT2D eigenvalue weighted by Crippen LogP contribution is 2.27. The first-order valence-corrected chi connectivity index (χ1v) is 8.32. The number of carbonyl (C=O) groups excluding carboxylic acids is 2. The van der Waals surface area contributed by atoms with E-state index in [4.69, 9.17) is 23.2 Å². The van der Waals surface area contributed by atoms with Gasteiger partial charge in [0.15, 0.2) is 0 Å². The predicted octanol–water partition coefficient (Wildman–Crippen LogP) is 4.29. The minimum atomic E-state index is -0.395. The molecule has 0 saturated carbocycles. The SMILES string of the molecule is Cc1ccc(NC(=O)[C@@H]2CC(=O)N(c3ccc(Cl)cc3)C2)cc1Cl. The summed E-state index contributed by atoms with van der Waals surface area (Å²) in [5, 5.41) is 4.03. The van der Waals surface area contributed by atoms with E-state index >= 15 is 0 Å². The van der Waals surface area contributed by atoms with E-state index < -0.39 is 5.92 Å². The molecule has 0 aliphatic carbocycles. The molecule has 0 bridgehead atoms. The highest BCUT2D eigenvalue weighted by atomic mass is 35.5. The summed E-state index contributed by atoms with van der Waals surface area (Å²) in [6.07, 6.45) is 0.189. The van der Waals surface area contributed by atoms with Crippen LogP contribution in [0.2, 0.25) is 10.0 Å². The van der Waals surface area contributed by atoms with E-state index in [1.54, 1.807) is 41.3 Å². The van der Waals surface area contributed by atoms with Crippen molar-refractivity contribution in [3.63, 3.8) is 0 Å². The lowest BCUT2D eigenvalue weighted by molar-refractivity contribution is -0.122. The van der Waals surface area contributed by atoms with Crippen LogP contribution in [0.1, 0.15) is 12.0 Å². The van der Waals surface area contributed by atoms with Crippen molar-refractivity contribution in [3.8, 4) is 0 Å². The maximum atomic E-state index is 12.4. The number of rotatable bonds is 3. The van der Waals surface area contributed by atoms with Gasteiger partial charge in [0.25, 0.3) is 0 Å². The molecule has 0 unspecified atom stereocenters. The third-order valence-corrected chi connectivity index (χ3v) is 4.73. The molecule has 4 nitrogen and oxygen atoms in total. The van der Waals surface area contributed by atoms with Gasteiger partial charge in [-0.2, -0.15) is 0 Å². The lowest BCUT2D eigenvalue weighted by Gasteiger charge is -2.17. The Kier molecular flexibility index (Phi) is 4.78. The monoisotopic (exact) mass is 362 g/mol. The molecule has 0 aromatic heterocycles. The third kappa shape index (κ3) is 3.55. The number of amides is 2. The lowest BCUT2D eigenvalue weighted by atomic mass is 10.1. The van der Waals surface area contributed by atoms with Crippen LogP contribution < -0.4 is 10.2 Å². The zero-order chi connectivity index (χ0) is 17.3. The van der Waals surface area contributed by atoms with Crippen molar-refractivity contribution in [1.82, 2.24) is 0 Å². The van der Waals surface area contributed by atoms with E-state index in [0.717, 1.165) is 11.3 Å². The molecule has 2 aromatic carbocycles. The summed E-state index contributed by atoms with van der Waals surface area (Å²) in [5.41, 5.74) is 2.32. The van der Waals surface area contributed by atoms with Crippen LogP contribution in [-0.4, -0.2) is 18.4 Å². The van der Waals surface area contributed by atoms with Gasteiger partial charge in [-0.25, -0.2) is 0 Å². The molecule has 24 heavy (non-hydrogen) atoms. The van der Waals surface area contributed by atoms with Gasteiger partial charge in [0.1, 0.15) is 0 Å².